The van der Waals surface area contributed by atoms with Crippen LogP contribution in [-0.2, 0) is 0 Å². The summed E-state index contributed by atoms with van der Waals surface area (Å²) in [5.74, 6) is 1.42. The first-order chi connectivity index (χ1) is 8.11. The zero-order chi connectivity index (χ0) is 13.1. The Hall–Kier alpha value is 0.110. The Morgan fingerprint density at radius 2 is 1.94 bits per heavy atom. The summed E-state index contributed by atoms with van der Waals surface area (Å²) >= 11 is 2.75. The second-order valence-electron chi connectivity index (χ2n) is 4.53. The number of rotatable bonds is 8. The number of carbonyl (C=O) groups is 1. The predicted molar refractivity (Wildman–Crippen MR) is 83.0 cm³/mol. The quantitative estimate of drug-likeness (QED) is 0.414. The number of hydrogen-bond acceptors (Lipinski definition) is 3. The molecule has 3 heteroatoms. The Kier molecular flexibility index (Phi) is 11.3. The van der Waals surface area contributed by atoms with E-state index < -0.39 is 0 Å². The molecule has 0 spiro atoms. The third-order valence-electron chi connectivity index (χ3n) is 2.73. The van der Waals surface area contributed by atoms with Crippen molar-refractivity contribution in [1.82, 2.24) is 0 Å². The first-order valence-electron chi connectivity index (χ1n) is 6.51. The van der Waals surface area contributed by atoms with Crippen LogP contribution < -0.4 is 0 Å². The first-order valence-corrected chi connectivity index (χ1v) is 8.72. The molecule has 0 atom stereocenters. The van der Waals surface area contributed by atoms with Crippen LogP contribution in [0.25, 0.3) is 0 Å². The molecule has 1 nitrogen and oxygen atoms in total. The van der Waals surface area contributed by atoms with E-state index in [4.69, 9.17) is 0 Å². The Morgan fingerprint density at radius 1 is 1.24 bits per heavy atom. The molecule has 0 saturated heterocycles. The zero-order valence-electron chi connectivity index (χ0n) is 11.6. The van der Waals surface area contributed by atoms with Gasteiger partial charge in [-0.05, 0) is 25.0 Å². The monoisotopic (exact) mass is 274 g/mol. The van der Waals surface area contributed by atoms with Crippen LogP contribution in [0, 0.1) is 5.92 Å². The minimum Gasteiger partial charge on any atom is -0.274 e. The molecule has 0 N–H and O–H groups in total. The molecule has 0 saturated carbocycles. The van der Waals surface area contributed by atoms with E-state index >= 15 is 0 Å². The van der Waals surface area contributed by atoms with Crippen molar-refractivity contribution in [3.05, 3.63) is 11.6 Å². The van der Waals surface area contributed by atoms with E-state index in [0.717, 1.165) is 5.75 Å². The van der Waals surface area contributed by atoms with Gasteiger partial charge in [0.2, 0.25) is 4.45 Å². The van der Waals surface area contributed by atoms with Gasteiger partial charge in [0.05, 0.1) is 0 Å². The van der Waals surface area contributed by atoms with Gasteiger partial charge >= 0.3 is 0 Å². The van der Waals surface area contributed by atoms with Crippen LogP contribution in [0.15, 0.2) is 11.6 Å². The summed E-state index contributed by atoms with van der Waals surface area (Å²) in [6.45, 7) is 6.66. The van der Waals surface area contributed by atoms with E-state index in [1.807, 2.05) is 6.26 Å². The fourth-order valence-corrected chi connectivity index (χ4v) is 2.90. The van der Waals surface area contributed by atoms with Gasteiger partial charge in [-0.1, -0.05) is 75.2 Å². The Balaban J connectivity index is 3.95. The zero-order valence-corrected chi connectivity index (χ0v) is 13.3. The molecule has 0 bridgehead atoms. The lowest BCUT2D eigenvalue weighted by molar-refractivity contribution is 0.276. The standard InChI is InChI=1S/C14H26OS2/c1-5-6-7-8-9-10-13(12(2)3)11-17-14(15)16-4/h10,12H,5-9,11H2,1-4H3/b13-10-. The van der Waals surface area contributed by atoms with Crippen molar-refractivity contribution in [3.63, 3.8) is 0 Å². The number of hydrogen-bond donors (Lipinski definition) is 0. The maximum absolute atomic E-state index is 11.3. The van der Waals surface area contributed by atoms with Crippen LogP contribution >= 0.6 is 23.5 Å². The largest absolute Gasteiger partial charge is 0.274 e. The summed E-state index contributed by atoms with van der Waals surface area (Å²) in [5, 5.41) is 0. The molecule has 0 rings (SSSR count). The lowest BCUT2D eigenvalue weighted by Crippen LogP contribution is -1.99. The summed E-state index contributed by atoms with van der Waals surface area (Å²) in [6, 6.07) is 0. The molecule has 0 radical (unpaired) electrons. The molecule has 0 aliphatic heterocycles. The van der Waals surface area contributed by atoms with Crippen molar-refractivity contribution in [2.24, 2.45) is 5.92 Å². The van der Waals surface area contributed by atoms with E-state index in [1.165, 1.54) is 61.2 Å². The van der Waals surface area contributed by atoms with E-state index in [2.05, 4.69) is 26.8 Å². The van der Waals surface area contributed by atoms with E-state index in [9.17, 15) is 4.79 Å². The van der Waals surface area contributed by atoms with E-state index in [-0.39, 0.29) is 4.45 Å². The van der Waals surface area contributed by atoms with Crippen LogP contribution in [0.5, 0.6) is 0 Å². The average molecular weight is 274 g/mol. The van der Waals surface area contributed by atoms with Gasteiger partial charge in [0, 0.05) is 5.75 Å². The highest BCUT2D eigenvalue weighted by Crippen LogP contribution is 2.22. The maximum atomic E-state index is 11.3. The number of allylic oxidation sites excluding steroid dienone is 1. The number of carbonyl (C=O) groups excluding carboxylic acids is 1. The molecule has 100 valence electrons. The third kappa shape index (κ3) is 9.78. The van der Waals surface area contributed by atoms with Gasteiger partial charge in [0.1, 0.15) is 0 Å². The van der Waals surface area contributed by atoms with Crippen molar-refractivity contribution in [2.75, 3.05) is 12.0 Å². The van der Waals surface area contributed by atoms with Crippen molar-refractivity contribution in [3.8, 4) is 0 Å². The molecule has 0 aliphatic carbocycles. The second kappa shape index (κ2) is 11.2. The van der Waals surface area contributed by atoms with Gasteiger partial charge in [0.15, 0.2) is 0 Å². The summed E-state index contributed by atoms with van der Waals surface area (Å²) < 4.78 is 0.225. The topological polar surface area (TPSA) is 17.1 Å². The van der Waals surface area contributed by atoms with Crippen LogP contribution in [0.1, 0.15) is 52.9 Å². The highest BCUT2D eigenvalue weighted by molar-refractivity contribution is 8.38. The fraction of sp³-hybridized carbons (Fsp3) is 0.786. The van der Waals surface area contributed by atoms with Gasteiger partial charge < -0.3 is 0 Å². The number of thioether (sulfide) groups is 2. The van der Waals surface area contributed by atoms with Crippen LogP contribution in [0.2, 0.25) is 0 Å². The molecule has 0 aromatic heterocycles. The van der Waals surface area contributed by atoms with Gasteiger partial charge in [-0.2, -0.15) is 0 Å². The van der Waals surface area contributed by atoms with Crippen LogP contribution in [-0.4, -0.2) is 16.5 Å². The predicted octanol–water partition coefficient (Wildman–Crippen LogP) is 5.76. The van der Waals surface area contributed by atoms with Crippen molar-refractivity contribution < 1.29 is 4.79 Å². The number of unbranched alkanes of at least 4 members (excludes halogenated alkanes) is 4. The van der Waals surface area contributed by atoms with Crippen molar-refractivity contribution in [2.45, 2.75) is 52.9 Å². The normalized spacial score (nSPS) is 12.2. The SMILES string of the molecule is CCCCCC/C=C(/CSC(=O)SC)C(C)C. The van der Waals surface area contributed by atoms with Crippen molar-refractivity contribution in [1.29, 1.82) is 0 Å². The third-order valence-corrected chi connectivity index (χ3v) is 4.63. The summed E-state index contributed by atoms with van der Waals surface area (Å²) in [5.41, 5.74) is 1.42. The highest BCUT2D eigenvalue weighted by Gasteiger charge is 2.06. The molecule has 0 unspecified atom stereocenters. The van der Waals surface area contributed by atoms with Crippen LogP contribution in [0.4, 0.5) is 4.79 Å². The molecule has 17 heavy (non-hydrogen) atoms. The molecule has 0 aliphatic rings. The molecule has 0 aromatic carbocycles. The summed E-state index contributed by atoms with van der Waals surface area (Å²) in [6.07, 6.45) is 10.6. The average Bonchev–Trinajstić information content (AvgIpc) is 2.31. The molecule has 0 amide bonds. The second-order valence-corrected chi connectivity index (χ2v) is 6.51. The van der Waals surface area contributed by atoms with Crippen LogP contribution in [0.3, 0.4) is 0 Å². The molecular weight excluding hydrogens is 248 g/mol. The van der Waals surface area contributed by atoms with Crippen molar-refractivity contribution >= 4 is 28.0 Å². The van der Waals surface area contributed by atoms with Gasteiger partial charge in [-0.3, -0.25) is 4.79 Å². The minimum absolute atomic E-state index is 0.225. The minimum atomic E-state index is 0.225. The molecule has 0 fully saturated rings. The van der Waals surface area contributed by atoms with E-state index in [0.29, 0.717) is 5.92 Å². The molecular formula is C14H26OS2. The molecule has 0 heterocycles. The van der Waals surface area contributed by atoms with Gasteiger partial charge in [0.25, 0.3) is 0 Å². The molecule has 0 aromatic rings. The lowest BCUT2D eigenvalue weighted by atomic mass is 10.0. The summed E-state index contributed by atoms with van der Waals surface area (Å²) in [4.78, 5) is 11.3. The first kappa shape index (κ1) is 17.1. The lowest BCUT2D eigenvalue weighted by Gasteiger charge is -2.10. The van der Waals surface area contributed by atoms with E-state index in [1.54, 1.807) is 0 Å². The fourth-order valence-electron chi connectivity index (χ4n) is 1.52. The highest BCUT2D eigenvalue weighted by atomic mass is 32.2. The van der Waals surface area contributed by atoms with Gasteiger partial charge in [-0.15, -0.1) is 0 Å². The smallest absolute Gasteiger partial charge is 0.246 e. The Bertz CT molecular complexity index is 234. The maximum Gasteiger partial charge on any atom is 0.246 e. The Labute approximate surface area is 115 Å². The summed E-state index contributed by atoms with van der Waals surface area (Å²) in [7, 11) is 0. The Morgan fingerprint density at radius 3 is 2.47 bits per heavy atom. The van der Waals surface area contributed by atoms with Gasteiger partial charge in [-0.25, -0.2) is 0 Å².